The molecule has 0 aliphatic carbocycles. The number of hydrogen-bond donors (Lipinski definition) is 1. The van der Waals surface area contributed by atoms with E-state index >= 15 is 0 Å². The summed E-state index contributed by atoms with van der Waals surface area (Å²) in [5, 5.41) is 12.0. The first-order valence-corrected chi connectivity index (χ1v) is 6.09. The van der Waals surface area contributed by atoms with Gasteiger partial charge in [-0.3, -0.25) is 4.90 Å². The summed E-state index contributed by atoms with van der Waals surface area (Å²) in [5.74, 6) is -3.11. The van der Waals surface area contributed by atoms with Crippen molar-refractivity contribution in [3.63, 3.8) is 0 Å². The second-order valence-corrected chi connectivity index (χ2v) is 4.45. The Kier molecular flexibility index (Phi) is 8.67. The Bertz CT molecular complexity index is 502. The third-order valence-corrected chi connectivity index (χ3v) is 3.26. The maximum atomic E-state index is 13.8. The molecule has 1 heterocycles. The molecule has 0 aromatic heterocycles. The highest BCUT2D eigenvalue weighted by molar-refractivity contribution is 5.85. The molecule has 1 aliphatic rings. The minimum atomic E-state index is -1.21. The number of hydrogen-bond acceptors (Lipinski definition) is 3. The highest BCUT2D eigenvalue weighted by atomic mass is 35.5. The SMILES string of the molecule is Cl.Cl.N#CC[C@@H](c1cc(F)cc(F)c1F)N1CCNCC1. The van der Waals surface area contributed by atoms with Crippen LogP contribution in [0.4, 0.5) is 13.2 Å². The van der Waals surface area contributed by atoms with E-state index < -0.39 is 23.5 Å². The average Bonchev–Trinajstić information content (AvgIpc) is 2.41. The van der Waals surface area contributed by atoms with Crippen LogP contribution in [0.15, 0.2) is 12.1 Å². The van der Waals surface area contributed by atoms with Gasteiger partial charge < -0.3 is 5.32 Å². The van der Waals surface area contributed by atoms with E-state index in [4.69, 9.17) is 5.26 Å². The highest BCUT2D eigenvalue weighted by Crippen LogP contribution is 2.28. The summed E-state index contributed by atoms with van der Waals surface area (Å²) >= 11 is 0. The van der Waals surface area contributed by atoms with E-state index in [1.54, 1.807) is 0 Å². The van der Waals surface area contributed by atoms with Crippen molar-refractivity contribution in [3.8, 4) is 6.07 Å². The molecule has 1 fully saturated rings. The van der Waals surface area contributed by atoms with Crippen LogP contribution in [0, 0.1) is 28.8 Å². The van der Waals surface area contributed by atoms with E-state index in [1.807, 2.05) is 11.0 Å². The van der Waals surface area contributed by atoms with Gasteiger partial charge >= 0.3 is 0 Å². The first kappa shape index (κ1) is 20.0. The number of nitrogens with one attached hydrogen (secondary N) is 1. The van der Waals surface area contributed by atoms with E-state index in [0.717, 1.165) is 6.07 Å². The summed E-state index contributed by atoms with van der Waals surface area (Å²) in [6.07, 6.45) is -0.000185. The monoisotopic (exact) mass is 341 g/mol. The molecule has 0 bridgehead atoms. The molecular formula is C13H16Cl2F3N3. The van der Waals surface area contributed by atoms with Gasteiger partial charge in [-0.05, 0) is 6.07 Å². The van der Waals surface area contributed by atoms with Crippen molar-refractivity contribution in [1.29, 1.82) is 5.26 Å². The van der Waals surface area contributed by atoms with Crippen molar-refractivity contribution in [2.24, 2.45) is 0 Å². The van der Waals surface area contributed by atoms with E-state index in [9.17, 15) is 13.2 Å². The van der Waals surface area contributed by atoms with E-state index in [0.29, 0.717) is 32.2 Å². The minimum absolute atomic E-state index is 0. The van der Waals surface area contributed by atoms with Crippen LogP contribution in [0.5, 0.6) is 0 Å². The molecule has 0 unspecified atom stereocenters. The van der Waals surface area contributed by atoms with Crippen LogP contribution in [0.1, 0.15) is 18.0 Å². The molecule has 0 spiro atoms. The summed E-state index contributed by atoms with van der Waals surface area (Å²) in [7, 11) is 0. The van der Waals surface area contributed by atoms with Crippen LogP contribution in [0.3, 0.4) is 0 Å². The second-order valence-electron chi connectivity index (χ2n) is 4.45. The third kappa shape index (κ3) is 4.75. The third-order valence-electron chi connectivity index (χ3n) is 3.26. The van der Waals surface area contributed by atoms with Gasteiger partial charge in [0, 0.05) is 37.8 Å². The number of piperazine rings is 1. The molecule has 1 aromatic carbocycles. The van der Waals surface area contributed by atoms with Crippen LogP contribution in [-0.2, 0) is 0 Å². The van der Waals surface area contributed by atoms with E-state index in [2.05, 4.69) is 5.32 Å². The normalized spacial score (nSPS) is 16.3. The fourth-order valence-electron chi connectivity index (χ4n) is 2.33. The maximum Gasteiger partial charge on any atom is 0.163 e. The molecule has 0 amide bonds. The Morgan fingerprint density at radius 1 is 1.19 bits per heavy atom. The molecule has 118 valence electrons. The second kappa shape index (κ2) is 9.11. The Morgan fingerprint density at radius 3 is 2.38 bits per heavy atom. The molecule has 21 heavy (non-hydrogen) atoms. The highest BCUT2D eigenvalue weighted by Gasteiger charge is 2.26. The van der Waals surface area contributed by atoms with E-state index in [1.165, 1.54) is 0 Å². The zero-order chi connectivity index (χ0) is 13.8. The van der Waals surface area contributed by atoms with Crippen molar-refractivity contribution in [1.82, 2.24) is 10.2 Å². The van der Waals surface area contributed by atoms with Crippen molar-refractivity contribution in [3.05, 3.63) is 35.1 Å². The fraction of sp³-hybridized carbons (Fsp3) is 0.462. The summed E-state index contributed by atoms with van der Waals surface area (Å²) in [6.45, 7) is 2.65. The Labute approximate surface area is 133 Å². The summed E-state index contributed by atoms with van der Waals surface area (Å²) in [6, 6.07) is 2.83. The number of nitrogens with zero attached hydrogens (tertiary/aromatic N) is 2. The zero-order valence-electron chi connectivity index (χ0n) is 11.1. The molecule has 0 radical (unpaired) electrons. The standard InChI is InChI=1S/C13H14F3N3.2ClH/c14-9-7-10(13(16)11(15)8-9)12(1-2-17)19-5-3-18-4-6-19;;/h7-8,12,18H,1,3-6H2;2*1H/t12-;;/m0../s1. The lowest BCUT2D eigenvalue weighted by molar-refractivity contribution is 0.171. The minimum Gasteiger partial charge on any atom is -0.314 e. The van der Waals surface area contributed by atoms with Gasteiger partial charge in [0.05, 0.1) is 18.5 Å². The molecular weight excluding hydrogens is 326 g/mol. The molecule has 0 saturated carbocycles. The Hall–Kier alpha value is -1.00. The lowest BCUT2D eigenvalue weighted by Gasteiger charge is -2.34. The topological polar surface area (TPSA) is 39.1 Å². The van der Waals surface area contributed by atoms with Gasteiger partial charge in [-0.15, -0.1) is 24.8 Å². The van der Waals surface area contributed by atoms with Gasteiger partial charge in [-0.25, -0.2) is 13.2 Å². The number of benzene rings is 1. The summed E-state index contributed by atoms with van der Waals surface area (Å²) < 4.78 is 40.4. The van der Waals surface area contributed by atoms with Crippen LogP contribution >= 0.6 is 24.8 Å². The van der Waals surface area contributed by atoms with Gasteiger partial charge in [0.25, 0.3) is 0 Å². The van der Waals surface area contributed by atoms with Crippen LogP contribution < -0.4 is 5.32 Å². The molecule has 8 heteroatoms. The molecule has 1 saturated heterocycles. The predicted molar refractivity (Wildman–Crippen MR) is 78.2 cm³/mol. The van der Waals surface area contributed by atoms with Crippen molar-refractivity contribution in [2.45, 2.75) is 12.5 Å². The Morgan fingerprint density at radius 2 is 1.81 bits per heavy atom. The Balaban J connectivity index is 0.00000200. The lowest BCUT2D eigenvalue weighted by Crippen LogP contribution is -2.45. The largest absolute Gasteiger partial charge is 0.314 e. The van der Waals surface area contributed by atoms with Gasteiger partial charge in [-0.2, -0.15) is 5.26 Å². The van der Waals surface area contributed by atoms with Crippen molar-refractivity contribution >= 4 is 24.8 Å². The molecule has 2 rings (SSSR count). The average molecular weight is 342 g/mol. The number of rotatable bonds is 3. The van der Waals surface area contributed by atoms with Crippen LogP contribution in [-0.4, -0.2) is 31.1 Å². The van der Waals surface area contributed by atoms with E-state index in [-0.39, 0.29) is 36.8 Å². The van der Waals surface area contributed by atoms with Gasteiger partial charge in [0.1, 0.15) is 5.82 Å². The smallest absolute Gasteiger partial charge is 0.163 e. The van der Waals surface area contributed by atoms with Crippen LogP contribution in [0.2, 0.25) is 0 Å². The first-order chi connectivity index (χ1) is 9.13. The predicted octanol–water partition coefficient (Wildman–Crippen LogP) is 2.81. The molecule has 1 N–H and O–H groups in total. The lowest BCUT2D eigenvalue weighted by atomic mass is 10.0. The van der Waals surface area contributed by atoms with Gasteiger partial charge in [-0.1, -0.05) is 0 Å². The van der Waals surface area contributed by atoms with Crippen LogP contribution in [0.25, 0.3) is 0 Å². The van der Waals surface area contributed by atoms with Crippen molar-refractivity contribution in [2.75, 3.05) is 26.2 Å². The molecule has 1 atom stereocenters. The molecule has 1 aliphatic heterocycles. The molecule has 3 nitrogen and oxygen atoms in total. The summed E-state index contributed by atoms with van der Waals surface area (Å²) in [5.41, 5.74) is -0.0825. The fourth-order valence-corrected chi connectivity index (χ4v) is 2.33. The van der Waals surface area contributed by atoms with Gasteiger partial charge in [0.2, 0.25) is 0 Å². The maximum absolute atomic E-state index is 13.8. The van der Waals surface area contributed by atoms with Crippen molar-refractivity contribution < 1.29 is 13.2 Å². The van der Waals surface area contributed by atoms with Gasteiger partial charge in [0.15, 0.2) is 11.6 Å². The first-order valence-electron chi connectivity index (χ1n) is 6.09. The quantitative estimate of drug-likeness (QED) is 0.859. The number of nitriles is 1. The zero-order valence-corrected chi connectivity index (χ0v) is 12.7. The molecule has 1 aromatic rings. The number of halogens is 5. The summed E-state index contributed by atoms with van der Waals surface area (Å²) in [4.78, 5) is 1.87.